The fourth-order valence-corrected chi connectivity index (χ4v) is 4.42. The SMILES string of the molecule is O=C(CN1CCC(C(c2ccccc2)c2ccccc2)CC1)c1ccccc1. The van der Waals surface area contributed by atoms with Gasteiger partial charge in [-0.15, -0.1) is 0 Å². The molecule has 3 aromatic carbocycles. The summed E-state index contributed by atoms with van der Waals surface area (Å²) < 4.78 is 0. The Kier molecular flexibility index (Phi) is 5.98. The average Bonchev–Trinajstić information content (AvgIpc) is 2.77. The van der Waals surface area contributed by atoms with Crippen LogP contribution in [0.1, 0.15) is 40.2 Å². The van der Waals surface area contributed by atoms with Crippen LogP contribution in [0, 0.1) is 5.92 Å². The molecule has 0 unspecified atom stereocenters. The molecule has 0 aliphatic carbocycles. The van der Waals surface area contributed by atoms with Crippen LogP contribution >= 0.6 is 0 Å². The first kappa shape index (κ1) is 18.6. The van der Waals surface area contributed by atoms with Crippen molar-refractivity contribution in [1.82, 2.24) is 4.90 Å². The van der Waals surface area contributed by atoms with E-state index in [1.54, 1.807) is 0 Å². The summed E-state index contributed by atoms with van der Waals surface area (Å²) in [5, 5.41) is 0. The zero-order chi connectivity index (χ0) is 19.2. The van der Waals surface area contributed by atoms with E-state index >= 15 is 0 Å². The van der Waals surface area contributed by atoms with Gasteiger partial charge in [0.15, 0.2) is 5.78 Å². The van der Waals surface area contributed by atoms with Crippen molar-refractivity contribution in [1.29, 1.82) is 0 Å². The highest BCUT2D eigenvalue weighted by molar-refractivity contribution is 5.97. The Hall–Kier alpha value is -2.71. The molecule has 1 aliphatic heterocycles. The Bertz CT molecular complexity index is 829. The molecule has 142 valence electrons. The lowest BCUT2D eigenvalue weighted by Gasteiger charge is -2.36. The number of likely N-dealkylation sites (tertiary alicyclic amines) is 1. The second-order valence-electron chi connectivity index (χ2n) is 7.70. The number of carbonyl (C=O) groups excluding carboxylic acids is 1. The Morgan fingerprint density at radius 3 is 1.71 bits per heavy atom. The van der Waals surface area contributed by atoms with Gasteiger partial charge >= 0.3 is 0 Å². The van der Waals surface area contributed by atoms with Gasteiger partial charge in [0.1, 0.15) is 0 Å². The van der Waals surface area contributed by atoms with Crippen LogP contribution in [0.3, 0.4) is 0 Å². The number of hydrogen-bond acceptors (Lipinski definition) is 2. The zero-order valence-electron chi connectivity index (χ0n) is 16.2. The van der Waals surface area contributed by atoms with E-state index in [0.717, 1.165) is 31.5 Å². The molecule has 0 aromatic heterocycles. The molecular weight excluding hydrogens is 342 g/mol. The van der Waals surface area contributed by atoms with Crippen LogP contribution in [0.5, 0.6) is 0 Å². The minimum atomic E-state index is 0.224. The summed E-state index contributed by atoms with van der Waals surface area (Å²) in [5.41, 5.74) is 3.61. The smallest absolute Gasteiger partial charge is 0.176 e. The average molecular weight is 370 g/mol. The van der Waals surface area contributed by atoms with E-state index in [0.29, 0.717) is 18.4 Å². The molecule has 0 bridgehead atoms. The topological polar surface area (TPSA) is 20.3 Å². The van der Waals surface area contributed by atoms with Crippen molar-refractivity contribution in [3.05, 3.63) is 108 Å². The minimum Gasteiger partial charge on any atom is -0.296 e. The summed E-state index contributed by atoms with van der Waals surface area (Å²) in [7, 11) is 0. The van der Waals surface area contributed by atoms with Gasteiger partial charge in [0, 0.05) is 11.5 Å². The van der Waals surface area contributed by atoms with Gasteiger partial charge in [-0.2, -0.15) is 0 Å². The Balaban J connectivity index is 1.44. The van der Waals surface area contributed by atoms with Crippen LogP contribution in [0.2, 0.25) is 0 Å². The van der Waals surface area contributed by atoms with Crippen LogP contribution in [-0.2, 0) is 0 Å². The number of nitrogens with zero attached hydrogens (tertiary/aromatic N) is 1. The van der Waals surface area contributed by atoms with Crippen molar-refractivity contribution in [2.24, 2.45) is 5.92 Å². The highest BCUT2D eigenvalue weighted by atomic mass is 16.1. The monoisotopic (exact) mass is 369 g/mol. The Labute approximate surface area is 167 Å². The number of hydrogen-bond donors (Lipinski definition) is 0. The molecule has 1 aliphatic rings. The standard InChI is InChI=1S/C26H27NO/c28-25(21-10-4-1-5-11-21)20-27-18-16-24(17-19-27)26(22-12-6-2-7-13-22)23-14-8-3-9-15-23/h1-15,24,26H,16-20H2. The highest BCUT2D eigenvalue weighted by Crippen LogP contribution is 2.37. The number of piperidine rings is 1. The highest BCUT2D eigenvalue weighted by Gasteiger charge is 2.29. The van der Waals surface area contributed by atoms with E-state index < -0.39 is 0 Å². The van der Waals surface area contributed by atoms with E-state index in [2.05, 4.69) is 65.6 Å². The molecule has 0 radical (unpaired) electrons. The molecule has 0 saturated carbocycles. The fourth-order valence-electron chi connectivity index (χ4n) is 4.42. The molecule has 0 atom stereocenters. The molecule has 0 N–H and O–H groups in total. The van der Waals surface area contributed by atoms with Gasteiger partial charge in [0.2, 0.25) is 0 Å². The molecule has 2 nitrogen and oxygen atoms in total. The van der Waals surface area contributed by atoms with Gasteiger partial charge in [-0.3, -0.25) is 9.69 Å². The second-order valence-corrected chi connectivity index (χ2v) is 7.70. The lowest BCUT2D eigenvalue weighted by Crippen LogP contribution is -2.39. The van der Waals surface area contributed by atoms with E-state index in [9.17, 15) is 4.79 Å². The van der Waals surface area contributed by atoms with E-state index in [1.807, 2.05) is 30.3 Å². The van der Waals surface area contributed by atoms with Crippen molar-refractivity contribution in [2.45, 2.75) is 18.8 Å². The third kappa shape index (κ3) is 4.40. The van der Waals surface area contributed by atoms with Gasteiger partial charge in [-0.05, 0) is 43.0 Å². The van der Waals surface area contributed by atoms with Crippen molar-refractivity contribution in [3.63, 3.8) is 0 Å². The molecule has 0 spiro atoms. The van der Waals surface area contributed by atoms with E-state index in [1.165, 1.54) is 11.1 Å². The van der Waals surface area contributed by atoms with Crippen molar-refractivity contribution in [3.8, 4) is 0 Å². The van der Waals surface area contributed by atoms with Gasteiger partial charge < -0.3 is 0 Å². The molecule has 2 heteroatoms. The molecular formula is C26H27NO. The van der Waals surface area contributed by atoms with Crippen LogP contribution in [-0.4, -0.2) is 30.3 Å². The largest absolute Gasteiger partial charge is 0.296 e. The van der Waals surface area contributed by atoms with Crippen LogP contribution in [0.25, 0.3) is 0 Å². The molecule has 1 heterocycles. The summed E-state index contributed by atoms with van der Waals surface area (Å²) in [6.45, 7) is 2.50. The summed E-state index contributed by atoms with van der Waals surface area (Å²) >= 11 is 0. The summed E-state index contributed by atoms with van der Waals surface area (Å²) in [6, 6.07) is 31.4. The van der Waals surface area contributed by atoms with Gasteiger partial charge in [-0.25, -0.2) is 0 Å². The van der Waals surface area contributed by atoms with Crippen molar-refractivity contribution in [2.75, 3.05) is 19.6 Å². The maximum atomic E-state index is 12.5. The number of rotatable bonds is 6. The molecule has 28 heavy (non-hydrogen) atoms. The Morgan fingerprint density at radius 2 is 1.21 bits per heavy atom. The van der Waals surface area contributed by atoms with Crippen molar-refractivity contribution >= 4 is 5.78 Å². The molecule has 1 saturated heterocycles. The number of ketones is 1. The third-order valence-electron chi connectivity index (χ3n) is 5.88. The normalized spacial score (nSPS) is 15.6. The fraction of sp³-hybridized carbons (Fsp3) is 0.269. The molecule has 3 aromatic rings. The minimum absolute atomic E-state index is 0.224. The van der Waals surface area contributed by atoms with Gasteiger partial charge in [0.25, 0.3) is 0 Å². The lowest BCUT2D eigenvalue weighted by molar-refractivity contribution is 0.0891. The maximum Gasteiger partial charge on any atom is 0.176 e. The Morgan fingerprint density at radius 1 is 0.750 bits per heavy atom. The first-order valence-electron chi connectivity index (χ1n) is 10.2. The van der Waals surface area contributed by atoms with E-state index in [-0.39, 0.29) is 5.78 Å². The predicted octanol–water partition coefficient (Wildman–Crippen LogP) is 5.41. The van der Waals surface area contributed by atoms with E-state index in [4.69, 9.17) is 0 Å². The number of carbonyl (C=O) groups is 1. The summed E-state index contributed by atoms with van der Waals surface area (Å²) in [4.78, 5) is 14.8. The molecule has 0 amide bonds. The predicted molar refractivity (Wildman–Crippen MR) is 115 cm³/mol. The first-order chi connectivity index (χ1) is 13.8. The third-order valence-corrected chi connectivity index (χ3v) is 5.88. The van der Waals surface area contributed by atoms with Crippen molar-refractivity contribution < 1.29 is 4.79 Å². The molecule has 4 rings (SSSR count). The number of benzene rings is 3. The van der Waals surface area contributed by atoms with Gasteiger partial charge in [-0.1, -0.05) is 91.0 Å². The summed E-state index contributed by atoms with van der Waals surface area (Å²) in [5.74, 6) is 1.25. The second kappa shape index (κ2) is 8.99. The molecule has 1 fully saturated rings. The lowest BCUT2D eigenvalue weighted by atomic mass is 9.76. The number of Topliss-reactive ketones (excluding diaryl/α,β-unsaturated/α-hetero) is 1. The van der Waals surface area contributed by atoms with Crippen LogP contribution in [0.15, 0.2) is 91.0 Å². The first-order valence-corrected chi connectivity index (χ1v) is 10.2. The summed E-state index contributed by atoms with van der Waals surface area (Å²) in [6.07, 6.45) is 2.24. The van der Waals surface area contributed by atoms with Crippen LogP contribution in [0.4, 0.5) is 0 Å². The van der Waals surface area contributed by atoms with Gasteiger partial charge in [0.05, 0.1) is 6.54 Å². The van der Waals surface area contributed by atoms with Crippen LogP contribution < -0.4 is 0 Å². The maximum absolute atomic E-state index is 12.5. The zero-order valence-corrected chi connectivity index (χ0v) is 16.2. The quantitative estimate of drug-likeness (QED) is 0.541.